The average Bonchev–Trinajstić information content (AvgIpc) is 2.75. The maximum Gasteiger partial charge on any atom is 0.302 e. The van der Waals surface area contributed by atoms with Crippen LogP contribution in [0.1, 0.15) is 12.5 Å². The van der Waals surface area contributed by atoms with E-state index in [1.165, 1.54) is 12.5 Å². The molecule has 1 aliphatic rings. The van der Waals surface area contributed by atoms with Gasteiger partial charge in [0.1, 0.15) is 12.7 Å². The summed E-state index contributed by atoms with van der Waals surface area (Å²) in [5, 5.41) is 0. The molecule has 0 aliphatic carbocycles. The van der Waals surface area contributed by atoms with Crippen LogP contribution in [0.3, 0.4) is 0 Å². The number of rotatable bonds is 4. The van der Waals surface area contributed by atoms with Crippen molar-refractivity contribution in [3.05, 3.63) is 35.9 Å². The van der Waals surface area contributed by atoms with Crippen LogP contribution in [-0.4, -0.2) is 31.6 Å². The summed E-state index contributed by atoms with van der Waals surface area (Å²) in [6.45, 7) is 2.13. The third kappa shape index (κ3) is 3.84. The fraction of sp³-hybridized carbons (Fsp3) is 0.462. The summed E-state index contributed by atoms with van der Waals surface area (Å²) >= 11 is 0. The molecule has 1 aliphatic heterocycles. The van der Waals surface area contributed by atoms with Crippen LogP contribution in [0.4, 0.5) is 0 Å². The van der Waals surface area contributed by atoms with Crippen molar-refractivity contribution in [1.29, 1.82) is 0 Å². The maximum absolute atomic E-state index is 10.7. The normalized spacial score (nSPS) is 23.6. The summed E-state index contributed by atoms with van der Waals surface area (Å²) in [5.41, 5.74) is 1.17. The third-order valence-corrected chi connectivity index (χ3v) is 2.53. The minimum Gasteiger partial charge on any atom is -0.463 e. The molecular weight excluding hydrogens is 220 g/mol. The van der Waals surface area contributed by atoms with Crippen molar-refractivity contribution in [3.8, 4) is 0 Å². The molecule has 1 saturated heterocycles. The fourth-order valence-corrected chi connectivity index (χ4v) is 1.72. The lowest BCUT2D eigenvalue weighted by atomic mass is 10.1. The van der Waals surface area contributed by atoms with Crippen LogP contribution in [0, 0.1) is 0 Å². The van der Waals surface area contributed by atoms with Crippen LogP contribution < -0.4 is 0 Å². The van der Waals surface area contributed by atoms with Gasteiger partial charge in [0.2, 0.25) is 0 Å². The Morgan fingerprint density at radius 1 is 1.41 bits per heavy atom. The van der Waals surface area contributed by atoms with Gasteiger partial charge < -0.3 is 14.2 Å². The number of hydrogen-bond acceptors (Lipinski definition) is 4. The van der Waals surface area contributed by atoms with E-state index in [0.717, 1.165) is 6.42 Å². The number of esters is 1. The van der Waals surface area contributed by atoms with Gasteiger partial charge in [-0.2, -0.15) is 0 Å². The maximum atomic E-state index is 10.7. The molecule has 0 spiro atoms. The minimum absolute atomic E-state index is 0.146. The molecular formula is C13H16O4. The SMILES string of the molecule is CC(=O)OC[C@H]1CO[C@@H](Cc2ccccc2)O1. The Morgan fingerprint density at radius 2 is 2.18 bits per heavy atom. The molecule has 1 aromatic carbocycles. The Kier molecular flexibility index (Phi) is 4.12. The standard InChI is InChI=1S/C13H16O4/c1-10(14)15-8-12-9-16-13(17-12)7-11-5-3-2-4-6-11/h2-6,12-13H,7-9H2,1H3/t12-,13+/m0/s1. The van der Waals surface area contributed by atoms with Crippen LogP contribution in [0.2, 0.25) is 0 Å². The molecule has 17 heavy (non-hydrogen) atoms. The average molecular weight is 236 g/mol. The minimum atomic E-state index is -0.292. The van der Waals surface area contributed by atoms with Gasteiger partial charge in [0.05, 0.1) is 6.61 Å². The molecule has 1 fully saturated rings. The first-order valence-electron chi connectivity index (χ1n) is 5.68. The molecule has 0 radical (unpaired) electrons. The van der Waals surface area contributed by atoms with E-state index >= 15 is 0 Å². The van der Waals surface area contributed by atoms with E-state index in [4.69, 9.17) is 14.2 Å². The first-order valence-corrected chi connectivity index (χ1v) is 5.68. The van der Waals surface area contributed by atoms with Gasteiger partial charge >= 0.3 is 5.97 Å². The predicted molar refractivity (Wildman–Crippen MR) is 61.4 cm³/mol. The van der Waals surface area contributed by atoms with Crippen LogP contribution in [-0.2, 0) is 25.4 Å². The zero-order chi connectivity index (χ0) is 12.1. The van der Waals surface area contributed by atoms with Crippen LogP contribution in [0.15, 0.2) is 30.3 Å². The highest BCUT2D eigenvalue weighted by Crippen LogP contribution is 2.16. The summed E-state index contributed by atoms with van der Waals surface area (Å²) in [6, 6.07) is 10.0. The second kappa shape index (κ2) is 5.80. The summed E-state index contributed by atoms with van der Waals surface area (Å²) in [7, 11) is 0. The quantitative estimate of drug-likeness (QED) is 0.744. The molecule has 2 atom stereocenters. The van der Waals surface area contributed by atoms with Crippen molar-refractivity contribution in [2.45, 2.75) is 25.7 Å². The highest BCUT2D eigenvalue weighted by Gasteiger charge is 2.26. The fourth-order valence-electron chi connectivity index (χ4n) is 1.72. The Labute approximate surface area is 100 Å². The molecule has 4 heteroatoms. The van der Waals surface area contributed by atoms with Gasteiger partial charge in [0.25, 0.3) is 0 Å². The van der Waals surface area contributed by atoms with Crippen molar-refractivity contribution in [2.24, 2.45) is 0 Å². The summed E-state index contributed by atoms with van der Waals surface area (Å²) in [5.74, 6) is -0.292. The smallest absolute Gasteiger partial charge is 0.302 e. The van der Waals surface area contributed by atoms with E-state index in [-0.39, 0.29) is 25.0 Å². The van der Waals surface area contributed by atoms with E-state index in [1.807, 2.05) is 30.3 Å². The van der Waals surface area contributed by atoms with Crippen LogP contribution in [0.25, 0.3) is 0 Å². The van der Waals surface area contributed by atoms with Gasteiger partial charge in [0.15, 0.2) is 6.29 Å². The Bertz CT molecular complexity index is 363. The second-order valence-electron chi connectivity index (χ2n) is 4.01. The van der Waals surface area contributed by atoms with Gasteiger partial charge in [-0.3, -0.25) is 4.79 Å². The van der Waals surface area contributed by atoms with Gasteiger partial charge in [-0.25, -0.2) is 0 Å². The molecule has 1 heterocycles. The summed E-state index contributed by atoms with van der Waals surface area (Å²) in [4.78, 5) is 10.7. The lowest BCUT2D eigenvalue weighted by molar-refractivity contribution is -0.145. The number of carbonyl (C=O) groups is 1. The Morgan fingerprint density at radius 3 is 2.88 bits per heavy atom. The van der Waals surface area contributed by atoms with Crippen molar-refractivity contribution in [1.82, 2.24) is 0 Å². The number of hydrogen-bond donors (Lipinski definition) is 0. The molecule has 4 nitrogen and oxygen atoms in total. The molecule has 92 valence electrons. The van der Waals surface area contributed by atoms with Crippen molar-refractivity contribution >= 4 is 5.97 Å². The van der Waals surface area contributed by atoms with E-state index in [2.05, 4.69) is 0 Å². The molecule has 0 aromatic heterocycles. The highest BCUT2D eigenvalue weighted by atomic mass is 16.7. The van der Waals surface area contributed by atoms with Gasteiger partial charge in [0, 0.05) is 13.3 Å². The Hall–Kier alpha value is -1.39. The topological polar surface area (TPSA) is 44.8 Å². The predicted octanol–water partition coefficient (Wildman–Crippen LogP) is 1.53. The summed E-state index contributed by atoms with van der Waals surface area (Å²) < 4.78 is 16.0. The number of benzene rings is 1. The molecule has 0 saturated carbocycles. The first-order chi connectivity index (χ1) is 8.24. The van der Waals surface area contributed by atoms with E-state index in [9.17, 15) is 4.79 Å². The van der Waals surface area contributed by atoms with Crippen molar-refractivity contribution in [3.63, 3.8) is 0 Å². The lowest BCUT2D eigenvalue weighted by Crippen LogP contribution is -2.21. The van der Waals surface area contributed by atoms with E-state index < -0.39 is 0 Å². The van der Waals surface area contributed by atoms with Crippen molar-refractivity contribution < 1.29 is 19.0 Å². The molecule has 0 amide bonds. The van der Waals surface area contributed by atoms with Gasteiger partial charge in [-0.15, -0.1) is 0 Å². The van der Waals surface area contributed by atoms with Crippen LogP contribution >= 0.6 is 0 Å². The summed E-state index contributed by atoms with van der Waals surface area (Å²) in [6.07, 6.45) is 0.336. The Balaban J connectivity index is 1.76. The highest BCUT2D eigenvalue weighted by molar-refractivity contribution is 5.65. The largest absolute Gasteiger partial charge is 0.463 e. The second-order valence-corrected chi connectivity index (χ2v) is 4.01. The zero-order valence-electron chi connectivity index (χ0n) is 9.80. The zero-order valence-corrected chi connectivity index (χ0v) is 9.80. The van der Waals surface area contributed by atoms with E-state index in [1.54, 1.807) is 0 Å². The molecule has 0 unspecified atom stereocenters. The third-order valence-electron chi connectivity index (χ3n) is 2.53. The number of carbonyl (C=O) groups excluding carboxylic acids is 1. The lowest BCUT2D eigenvalue weighted by Gasteiger charge is -2.11. The van der Waals surface area contributed by atoms with E-state index in [0.29, 0.717) is 6.61 Å². The molecule has 0 N–H and O–H groups in total. The molecule has 0 bridgehead atoms. The first kappa shape index (κ1) is 12.1. The molecule has 2 rings (SSSR count). The van der Waals surface area contributed by atoms with Gasteiger partial charge in [-0.1, -0.05) is 30.3 Å². The van der Waals surface area contributed by atoms with Crippen LogP contribution in [0.5, 0.6) is 0 Å². The monoisotopic (exact) mass is 236 g/mol. The van der Waals surface area contributed by atoms with Crippen molar-refractivity contribution in [2.75, 3.05) is 13.2 Å². The molecule has 1 aromatic rings. The van der Waals surface area contributed by atoms with Gasteiger partial charge in [-0.05, 0) is 5.56 Å². The number of ether oxygens (including phenoxy) is 3.